The molecule has 0 heterocycles. The average Bonchev–Trinajstić information content (AvgIpc) is 1.82. The monoisotopic (exact) mass is 189 g/mol. The highest BCUT2D eigenvalue weighted by Crippen LogP contribution is 2.29. The molecule has 2 atom stereocenters. The molecule has 0 fully saturated rings. The largest absolute Gasteiger partial charge is 0.524 e. The van der Waals surface area contributed by atoms with Crippen molar-refractivity contribution in [3.05, 3.63) is 0 Å². The second kappa shape index (κ2) is 5.43. The van der Waals surface area contributed by atoms with Crippen LogP contribution in [0.2, 0.25) is 0 Å². The summed E-state index contributed by atoms with van der Waals surface area (Å²) in [5.41, 5.74) is 0. The van der Waals surface area contributed by atoms with Crippen molar-refractivity contribution in [1.29, 1.82) is 0 Å². The van der Waals surface area contributed by atoms with Gasteiger partial charge in [0.05, 0.1) is 0 Å². The molecule has 0 rings (SSSR count). The molecule has 2 nitrogen and oxygen atoms in total. The minimum absolute atomic E-state index is 0.492. The van der Waals surface area contributed by atoms with Gasteiger partial charge in [0.2, 0.25) is 0 Å². The summed E-state index contributed by atoms with van der Waals surface area (Å²) >= 11 is 10.7. The second-order valence-corrected chi connectivity index (χ2v) is 4.01. The molecule has 0 spiro atoms. The molecule has 1 N–H and O–H groups in total. The van der Waals surface area contributed by atoms with E-state index < -0.39 is 13.1 Å². The third-order valence-corrected chi connectivity index (χ3v) is 2.54. The molecule has 2 unspecified atom stereocenters. The smallest absolute Gasteiger partial charge is 0.160 e. The van der Waals surface area contributed by atoms with Crippen LogP contribution in [0, 0.1) is 0 Å². The Kier molecular flexibility index (Phi) is 5.81. The third-order valence-electron chi connectivity index (χ3n) is 0.816. The van der Waals surface area contributed by atoms with Gasteiger partial charge in [0.15, 0.2) is 0 Å². The molecule has 0 aliphatic carbocycles. The summed E-state index contributed by atoms with van der Waals surface area (Å²) in [6.07, 6.45) is 1.20. The van der Waals surface area contributed by atoms with Crippen molar-refractivity contribution >= 4 is 31.2 Å². The van der Waals surface area contributed by atoms with E-state index in [0.29, 0.717) is 18.7 Å². The molecule has 0 saturated carbocycles. The zero-order valence-corrected chi connectivity index (χ0v) is 7.16. The van der Waals surface area contributed by atoms with Gasteiger partial charge in [-0.15, -0.1) is 11.6 Å². The Labute approximate surface area is 65.0 Å². The van der Waals surface area contributed by atoms with Crippen molar-refractivity contribution < 1.29 is 9.46 Å². The Morgan fingerprint density at radius 3 is 2.56 bits per heavy atom. The summed E-state index contributed by atoms with van der Waals surface area (Å²) in [5, 5.41) is -0.626. The highest BCUT2D eigenvalue weighted by atomic mass is 35.5. The lowest BCUT2D eigenvalue weighted by molar-refractivity contribution is 0.496. The third kappa shape index (κ3) is 5.10. The van der Waals surface area contributed by atoms with Crippen LogP contribution >= 0.6 is 31.2 Å². The molecule has 0 saturated heterocycles. The molecule has 0 aromatic carbocycles. The van der Waals surface area contributed by atoms with Gasteiger partial charge in [0.1, 0.15) is 0 Å². The first-order valence-corrected chi connectivity index (χ1v) is 4.79. The lowest BCUT2D eigenvalue weighted by atomic mass is 10.4. The molecule has 0 aromatic rings. The maximum Gasteiger partial charge on any atom is 0.524 e. The fraction of sp³-hybridized carbons (Fsp3) is 1.00. The van der Waals surface area contributed by atoms with Crippen LogP contribution in [0.25, 0.3) is 0 Å². The van der Waals surface area contributed by atoms with Gasteiger partial charge < -0.3 is 0 Å². The van der Waals surface area contributed by atoms with Gasteiger partial charge in [0, 0.05) is 12.3 Å². The Hall–Kier alpha value is 0.640. The highest BCUT2D eigenvalue weighted by molar-refractivity contribution is 7.41. The van der Waals surface area contributed by atoms with Gasteiger partial charge >= 0.3 is 8.03 Å². The van der Waals surface area contributed by atoms with Crippen molar-refractivity contribution in [3.8, 4) is 0 Å². The Balaban J connectivity index is 3.27. The van der Waals surface area contributed by atoms with E-state index in [0.717, 1.165) is 0 Å². The maximum absolute atomic E-state index is 10.2. The SMILES string of the molecule is O=[P+](O)C(Cl)CCCCl. The molecule has 0 aromatic heterocycles. The Morgan fingerprint density at radius 2 is 2.22 bits per heavy atom. The molecule has 0 aliphatic rings. The van der Waals surface area contributed by atoms with E-state index in [9.17, 15) is 4.57 Å². The lowest BCUT2D eigenvalue weighted by Gasteiger charge is -1.90. The van der Waals surface area contributed by atoms with E-state index in [1.165, 1.54) is 0 Å². The van der Waals surface area contributed by atoms with E-state index in [2.05, 4.69) is 0 Å². The number of hydrogen-bond acceptors (Lipinski definition) is 1. The summed E-state index contributed by atoms with van der Waals surface area (Å²) in [6.45, 7) is 0. The van der Waals surface area contributed by atoms with E-state index in [-0.39, 0.29) is 0 Å². The van der Waals surface area contributed by atoms with Crippen LogP contribution in [-0.4, -0.2) is 15.9 Å². The fourth-order valence-corrected chi connectivity index (χ4v) is 1.07. The van der Waals surface area contributed by atoms with E-state index >= 15 is 0 Å². The Bertz CT molecular complexity index is 98.6. The molecular formula is C4H8Cl2O2P+. The van der Waals surface area contributed by atoms with Crippen LogP contribution in [0.3, 0.4) is 0 Å². The summed E-state index contributed by atoms with van der Waals surface area (Å²) < 4.78 is 10.2. The zero-order valence-electron chi connectivity index (χ0n) is 4.76. The molecule has 54 valence electrons. The van der Waals surface area contributed by atoms with Gasteiger partial charge in [-0.2, -0.15) is 4.89 Å². The lowest BCUT2D eigenvalue weighted by Crippen LogP contribution is -1.91. The molecule has 0 bridgehead atoms. The first kappa shape index (κ1) is 9.64. The fourth-order valence-electron chi connectivity index (χ4n) is 0.356. The zero-order chi connectivity index (χ0) is 7.28. The predicted octanol–water partition coefficient (Wildman–Crippen LogP) is 2.30. The van der Waals surface area contributed by atoms with Crippen molar-refractivity contribution in [2.75, 3.05) is 5.88 Å². The summed E-state index contributed by atoms with van der Waals surface area (Å²) in [6, 6.07) is 0. The first-order chi connectivity index (χ1) is 4.18. The average molecular weight is 190 g/mol. The van der Waals surface area contributed by atoms with Crippen molar-refractivity contribution in [2.24, 2.45) is 0 Å². The van der Waals surface area contributed by atoms with Crippen LogP contribution in [0.5, 0.6) is 0 Å². The predicted molar refractivity (Wildman–Crippen MR) is 39.4 cm³/mol. The molecule has 5 heteroatoms. The van der Waals surface area contributed by atoms with Gasteiger partial charge in [-0.3, -0.25) is 0 Å². The number of halogens is 2. The number of alkyl halides is 2. The van der Waals surface area contributed by atoms with Gasteiger partial charge in [0.25, 0.3) is 5.12 Å². The normalized spacial score (nSPS) is 15.2. The second-order valence-electron chi connectivity index (χ2n) is 1.57. The quantitative estimate of drug-likeness (QED) is 0.545. The summed E-state index contributed by atoms with van der Waals surface area (Å²) in [5.74, 6) is 0.492. The highest BCUT2D eigenvalue weighted by Gasteiger charge is 2.24. The molecule has 0 radical (unpaired) electrons. The minimum Gasteiger partial charge on any atom is -0.160 e. The van der Waals surface area contributed by atoms with Crippen molar-refractivity contribution in [3.63, 3.8) is 0 Å². The van der Waals surface area contributed by atoms with Gasteiger partial charge in [-0.1, -0.05) is 11.6 Å². The van der Waals surface area contributed by atoms with Crippen LogP contribution < -0.4 is 0 Å². The molecule has 9 heavy (non-hydrogen) atoms. The van der Waals surface area contributed by atoms with Crippen LogP contribution in [0.1, 0.15) is 12.8 Å². The van der Waals surface area contributed by atoms with Crippen LogP contribution in [0.15, 0.2) is 0 Å². The van der Waals surface area contributed by atoms with Gasteiger partial charge in [-0.25, -0.2) is 0 Å². The number of rotatable bonds is 4. The van der Waals surface area contributed by atoms with Crippen molar-refractivity contribution in [1.82, 2.24) is 0 Å². The van der Waals surface area contributed by atoms with E-state index in [4.69, 9.17) is 28.1 Å². The first-order valence-electron chi connectivity index (χ1n) is 2.53. The Morgan fingerprint density at radius 1 is 1.67 bits per heavy atom. The standard InChI is InChI=1S/C4H7Cl2O2P/c5-3-1-2-4(6)9(7)8/h4H,1-3H2/p+1. The summed E-state index contributed by atoms with van der Waals surface area (Å²) in [4.78, 5) is 8.38. The maximum atomic E-state index is 10.2. The summed E-state index contributed by atoms with van der Waals surface area (Å²) in [7, 11) is -2.22. The van der Waals surface area contributed by atoms with Crippen LogP contribution in [-0.2, 0) is 4.57 Å². The van der Waals surface area contributed by atoms with Gasteiger partial charge in [-0.05, 0) is 11.0 Å². The minimum atomic E-state index is -2.22. The van der Waals surface area contributed by atoms with Crippen molar-refractivity contribution in [2.45, 2.75) is 18.0 Å². The molecule has 0 amide bonds. The topological polar surface area (TPSA) is 37.3 Å². The number of hydrogen-bond donors (Lipinski definition) is 1. The van der Waals surface area contributed by atoms with Crippen LogP contribution in [0.4, 0.5) is 0 Å². The van der Waals surface area contributed by atoms with E-state index in [1.54, 1.807) is 0 Å². The molecular weight excluding hydrogens is 182 g/mol. The molecule has 0 aliphatic heterocycles. The van der Waals surface area contributed by atoms with E-state index in [1.807, 2.05) is 0 Å².